The van der Waals surface area contributed by atoms with Crippen molar-refractivity contribution >= 4 is 11.6 Å². The molecule has 0 bridgehead atoms. The highest BCUT2D eigenvalue weighted by Gasteiger charge is 2.15. The maximum atomic E-state index is 6.18. The average Bonchev–Trinajstić information content (AvgIpc) is 2.38. The summed E-state index contributed by atoms with van der Waals surface area (Å²) in [5.74, 6) is 0.647. The van der Waals surface area contributed by atoms with Crippen LogP contribution in [0.3, 0.4) is 0 Å². The van der Waals surface area contributed by atoms with Gasteiger partial charge < -0.3 is 10.1 Å². The van der Waals surface area contributed by atoms with E-state index in [1.807, 2.05) is 18.2 Å². The van der Waals surface area contributed by atoms with Crippen molar-refractivity contribution in [3.8, 4) is 0 Å². The second-order valence-corrected chi connectivity index (χ2v) is 5.14. The Hall–Kier alpha value is -0.570. The Kier molecular flexibility index (Phi) is 4.84. The zero-order chi connectivity index (χ0) is 12.1. The smallest absolute Gasteiger partial charge is 0.0506 e. The van der Waals surface area contributed by atoms with E-state index in [1.165, 1.54) is 18.4 Å². The van der Waals surface area contributed by atoms with E-state index >= 15 is 0 Å². The molecule has 1 aliphatic rings. The van der Waals surface area contributed by atoms with Gasteiger partial charge in [-0.3, -0.25) is 0 Å². The van der Waals surface area contributed by atoms with E-state index in [9.17, 15) is 0 Å². The van der Waals surface area contributed by atoms with Gasteiger partial charge in [0.15, 0.2) is 0 Å². The summed E-state index contributed by atoms with van der Waals surface area (Å²) in [6, 6.07) is 8.32. The molecule has 1 fully saturated rings. The number of hydrogen-bond donors (Lipinski definition) is 1. The minimum atomic E-state index is 0.297. The number of benzene rings is 1. The van der Waals surface area contributed by atoms with Gasteiger partial charge in [-0.15, -0.1) is 0 Å². The normalized spacial score (nSPS) is 22.4. The molecule has 0 saturated carbocycles. The fourth-order valence-electron chi connectivity index (χ4n) is 2.25. The molecule has 3 heteroatoms. The molecule has 2 atom stereocenters. The second-order valence-electron chi connectivity index (χ2n) is 4.73. The van der Waals surface area contributed by atoms with Crippen LogP contribution in [0.15, 0.2) is 24.3 Å². The molecule has 1 heterocycles. The van der Waals surface area contributed by atoms with E-state index in [-0.39, 0.29) is 0 Å². The van der Waals surface area contributed by atoms with Crippen LogP contribution in [-0.2, 0) is 4.74 Å². The first-order valence-electron chi connectivity index (χ1n) is 6.33. The summed E-state index contributed by atoms with van der Waals surface area (Å²) in [4.78, 5) is 0. The van der Waals surface area contributed by atoms with Crippen LogP contribution in [-0.4, -0.2) is 19.8 Å². The molecule has 0 spiro atoms. The summed E-state index contributed by atoms with van der Waals surface area (Å²) in [5.41, 5.74) is 1.17. The number of nitrogens with one attached hydrogen (secondary N) is 1. The molecule has 0 aliphatic carbocycles. The molecular formula is C14H20ClNO. The molecule has 1 aromatic carbocycles. The molecule has 2 unspecified atom stereocenters. The van der Waals surface area contributed by atoms with Gasteiger partial charge in [0.05, 0.1) is 6.61 Å². The molecule has 0 aromatic heterocycles. The predicted molar refractivity (Wildman–Crippen MR) is 71.4 cm³/mol. The van der Waals surface area contributed by atoms with Crippen LogP contribution in [0.25, 0.3) is 0 Å². The second kappa shape index (κ2) is 6.39. The van der Waals surface area contributed by atoms with E-state index in [2.05, 4.69) is 18.3 Å². The lowest BCUT2D eigenvalue weighted by atomic mass is 10.0. The van der Waals surface area contributed by atoms with Crippen LogP contribution >= 0.6 is 11.6 Å². The van der Waals surface area contributed by atoms with Gasteiger partial charge in [0.25, 0.3) is 0 Å². The third-order valence-electron chi connectivity index (χ3n) is 3.34. The van der Waals surface area contributed by atoms with Gasteiger partial charge in [-0.1, -0.05) is 29.8 Å². The number of ether oxygens (including phenoxy) is 1. The Morgan fingerprint density at radius 1 is 1.47 bits per heavy atom. The summed E-state index contributed by atoms with van der Waals surface area (Å²) in [6.45, 7) is 4.98. The van der Waals surface area contributed by atoms with Crippen LogP contribution in [0.2, 0.25) is 5.02 Å². The van der Waals surface area contributed by atoms with Crippen molar-refractivity contribution in [2.45, 2.75) is 25.8 Å². The fourth-order valence-corrected chi connectivity index (χ4v) is 2.55. The Morgan fingerprint density at radius 3 is 3.00 bits per heavy atom. The van der Waals surface area contributed by atoms with E-state index < -0.39 is 0 Å². The first kappa shape index (κ1) is 12.9. The summed E-state index contributed by atoms with van der Waals surface area (Å²) >= 11 is 6.18. The largest absolute Gasteiger partial charge is 0.381 e. The Morgan fingerprint density at radius 2 is 2.29 bits per heavy atom. The maximum absolute atomic E-state index is 6.18. The van der Waals surface area contributed by atoms with Crippen LogP contribution in [0, 0.1) is 5.92 Å². The van der Waals surface area contributed by atoms with Crippen LogP contribution in [0.5, 0.6) is 0 Å². The summed E-state index contributed by atoms with van der Waals surface area (Å²) in [6.07, 6.45) is 2.45. The molecule has 1 N–H and O–H groups in total. The summed E-state index contributed by atoms with van der Waals surface area (Å²) in [5, 5.41) is 4.39. The Labute approximate surface area is 108 Å². The average molecular weight is 254 g/mol. The van der Waals surface area contributed by atoms with Crippen LogP contribution < -0.4 is 5.32 Å². The first-order valence-corrected chi connectivity index (χ1v) is 6.70. The van der Waals surface area contributed by atoms with Gasteiger partial charge in [-0.05, 0) is 37.3 Å². The third kappa shape index (κ3) is 3.70. The lowest BCUT2D eigenvalue weighted by Gasteiger charge is -2.24. The molecule has 94 valence electrons. The lowest BCUT2D eigenvalue weighted by Crippen LogP contribution is -2.30. The van der Waals surface area contributed by atoms with Gasteiger partial charge in [0.1, 0.15) is 0 Å². The van der Waals surface area contributed by atoms with Gasteiger partial charge in [0.2, 0.25) is 0 Å². The van der Waals surface area contributed by atoms with Crippen LogP contribution in [0.4, 0.5) is 0 Å². The monoisotopic (exact) mass is 253 g/mol. The lowest BCUT2D eigenvalue weighted by molar-refractivity contribution is 0.0540. The van der Waals surface area contributed by atoms with Crippen LogP contribution in [0.1, 0.15) is 31.4 Å². The molecule has 1 aliphatic heterocycles. The van der Waals surface area contributed by atoms with Gasteiger partial charge in [-0.2, -0.15) is 0 Å². The minimum absolute atomic E-state index is 0.297. The van der Waals surface area contributed by atoms with Gasteiger partial charge >= 0.3 is 0 Å². The molecule has 2 nitrogen and oxygen atoms in total. The fraction of sp³-hybridized carbons (Fsp3) is 0.571. The predicted octanol–water partition coefficient (Wildman–Crippen LogP) is 3.42. The van der Waals surface area contributed by atoms with E-state index in [0.29, 0.717) is 12.0 Å². The van der Waals surface area contributed by atoms with Crippen molar-refractivity contribution in [3.05, 3.63) is 34.9 Å². The molecule has 1 saturated heterocycles. The summed E-state index contributed by atoms with van der Waals surface area (Å²) in [7, 11) is 0. The molecule has 0 amide bonds. The Balaban J connectivity index is 1.84. The Bertz CT molecular complexity index is 350. The topological polar surface area (TPSA) is 21.3 Å². The standard InChI is InChI=1S/C14H20ClNO/c1-11(13-6-2-3-7-14(13)15)16-9-12-5-4-8-17-10-12/h2-3,6-7,11-12,16H,4-5,8-10H2,1H3. The molecule has 17 heavy (non-hydrogen) atoms. The molecule has 1 aromatic rings. The highest BCUT2D eigenvalue weighted by Crippen LogP contribution is 2.22. The van der Waals surface area contributed by atoms with E-state index in [4.69, 9.17) is 16.3 Å². The highest BCUT2D eigenvalue weighted by molar-refractivity contribution is 6.31. The summed E-state index contributed by atoms with van der Waals surface area (Å²) < 4.78 is 5.48. The number of rotatable bonds is 4. The third-order valence-corrected chi connectivity index (χ3v) is 3.68. The minimum Gasteiger partial charge on any atom is -0.381 e. The zero-order valence-electron chi connectivity index (χ0n) is 10.3. The van der Waals surface area contributed by atoms with Crippen molar-refractivity contribution in [2.75, 3.05) is 19.8 Å². The van der Waals surface area contributed by atoms with Crippen molar-refractivity contribution in [3.63, 3.8) is 0 Å². The van der Waals surface area contributed by atoms with E-state index in [0.717, 1.165) is 24.8 Å². The maximum Gasteiger partial charge on any atom is 0.0506 e. The van der Waals surface area contributed by atoms with Crippen molar-refractivity contribution in [1.82, 2.24) is 5.32 Å². The van der Waals surface area contributed by atoms with Crippen molar-refractivity contribution < 1.29 is 4.74 Å². The quantitative estimate of drug-likeness (QED) is 0.888. The SMILES string of the molecule is CC(NCC1CCCOC1)c1ccccc1Cl. The van der Waals surface area contributed by atoms with Gasteiger partial charge in [0, 0.05) is 24.2 Å². The number of halogens is 1. The molecule has 0 radical (unpaired) electrons. The number of hydrogen-bond acceptors (Lipinski definition) is 2. The molecular weight excluding hydrogens is 234 g/mol. The van der Waals surface area contributed by atoms with Crippen molar-refractivity contribution in [1.29, 1.82) is 0 Å². The first-order chi connectivity index (χ1) is 8.27. The highest BCUT2D eigenvalue weighted by atomic mass is 35.5. The molecule has 2 rings (SSSR count). The van der Waals surface area contributed by atoms with Crippen molar-refractivity contribution in [2.24, 2.45) is 5.92 Å². The van der Waals surface area contributed by atoms with Gasteiger partial charge in [-0.25, -0.2) is 0 Å². The zero-order valence-corrected chi connectivity index (χ0v) is 11.0. The van der Waals surface area contributed by atoms with E-state index in [1.54, 1.807) is 0 Å².